The molecular formula is C15H22N4. The quantitative estimate of drug-likeness (QED) is 0.828. The lowest BCUT2D eigenvalue weighted by Gasteiger charge is -2.10. The number of nitrogens with zero attached hydrogens (tertiary/aromatic N) is 3. The Labute approximate surface area is 114 Å². The molecular weight excluding hydrogens is 236 g/mol. The molecule has 0 bridgehead atoms. The van der Waals surface area contributed by atoms with Crippen LogP contribution in [-0.4, -0.2) is 21.1 Å². The molecule has 2 aromatic heterocycles. The van der Waals surface area contributed by atoms with E-state index in [1.165, 1.54) is 5.56 Å². The van der Waals surface area contributed by atoms with Crippen molar-refractivity contribution in [3.8, 4) is 0 Å². The normalized spacial score (nSPS) is 11.1. The standard InChI is InChI=1S/C15H22N4/c1-13(2)10-17-12-15-18-7-9-19(15)8-5-14-4-3-6-16-11-14/h3-4,6-7,9,11,13,17H,5,8,10,12H2,1-2H3. The fraction of sp³-hybridized carbons (Fsp3) is 0.467. The Balaban J connectivity index is 1.85. The van der Waals surface area contributed by atoms with Gasteiger partial charge in [0.2, 0.25) is 0 Å². The van der Waals surface area contributed by atoms with Crippen LogP contribution >= 0.6 is 0 Å². The summed E-state index contributed by atoms with van der Waals surface area (Å²) in [6.45, 7) is 7.22. The predicted octanol–water partition coefficient (Wildman–Crippen LogP) is 2.27. The first kappa shape index (κ1) is 13.7. The minimum atomic E-state index is 0.666. The first-order chi connectivity index (χ1) is 9.25. The summed E-state index contributed by atoms with van der Waals surface area (Å²) < 4.78 is 2.21. The van der Waals surface area contributed by atoms with Crippen molar-refractivity contribution in [3.05, 3.63) is 48.3 Å². The summed E-state index contributed by atoms with van der Waals surface area (Å²) in [6, 6.07) is 4.09. The molecule has 0 spiro atoms. The third-order valence-electron chi connectivity index (χ3n) is 3.00. The third-order valence-corrected chi connectivity index (χ3v) is 3.00. The van der Waals surface area contributed by atoms with E-state index in [9.17, 15) is 0 Å². The van der Waals surface area contributed by atoms with Gasteiger partial charge in [-0.1, -0.05) is 19.9 Å². The zero-order valence-electron chi connectivity index (χ0n) is 11.7. The molecule has 0 radical (unpaired) electrons. The van der Waals surface area contributed by atoms with Crippen LogP contribution in [0.25, 0.3) is 0 Å². The van der Waals surface area contributed by atoms with Crippen molar-refractivity contribution in [2.75, 3.05) is 6.54 Å². The lowest BCUT2D eigenvalue weighted by molar-refractivity contribution is 0.527. The molecule has 2 rings (SSSR count). The highest BCUT2D eigenvalue weighted by molar-refractivity contribution is 5.08. The Hall–Kier alpha value is -1.68. The second-order valence-corrected chi connectivity index (χ2v) is 5.17. The maximum absolute atomic E-state index is 4.41. The van der Waals surface area contributed by atoms with Gasteiger partial charge in [0.25, 0.3) is 0 Å². The van der Waals surface area contributed by atoms with Gasteiger partial charge in [0.15, 0.2) is 0 Å². The molecule has 0 unspecified atom stereocenters. The summed E-state index contributed by atoms with van der Waals surface area (Å²) in [5.74, 6) is 1.77. The van der Waals surface area contributed by atoms with Crippen LogP contribution < -0.4 is 5.32 Å². The summed E-state index contributed by atoms with van der Waals surface area (Å²) in [7, 11) is 0. The van der Waals surface area contributed by atoms with Gasteiger partial charge < -0.3 is 9.88 Å². The minimum absolute atomic E-state index is 0.666. The Morgan fingerprint density at radius 1 is 1.32 bits per heavy atom. The monoisotopic (exact) mass is 258 g/mol. The van der Waals surface area contributed by atoms with Crippen molar-refractivity contribution in [3.63, 3.8) is 0 Å². The largest absolute Gasteiger partial charge is 0.334 e. The lowest BCUT2D eigenvalue weighted by Crippen LogP contribution is -2.21. The van der Waals surface area contributed by atoms with E-state index in [2.05, 4.69) is 39.8 Å². The predicted molar refractivity (Wildman–Crippen MR) is 76.7 cm³/mol. The Morgan fingerprint density at radius 3 is 2.95 bits per heavy atom. The van der Waals surface area contributed by atoms with E-state index in [1.807, 2.05) is 30.9 Å². The van der Waals surface area contributed by atoms with Crippen LogP contribution in [-0.2, 0) is 19.5 Å². The van der Waals surface area contributed by atoms with E-state index in [4.69, 9.17) is 0 Å². The van der Waals surface area contributed by atoms with Gasteiger partial charge in [-0.2, -0.15) is 0 Å². The summed E-state index contributed by atoms with van der Waals surface area (Å²) in [5, 5.41) is 3.43. The minimum Gasteiger partial charge on any atom is -0.334 e. The van der Waals surface area contributed by atoms with Gasteiger partial charge in [-0.15, -0.1) is 0 Å². The van der Waals surface area contributed by atoms with Gasteiger partial charge in [0.1, 0.15) is 5.82 Å². The van der Waals surface area contributed by atoms with Crippen LogP contribution in [0, 0.1) is 5.92 Å². The molecule has 0 atom stereocenters. The molecule has 0 amide bonds. The zero-order valence-corrected chi connectivity index (χ0v) is 11.7. The van der Waals surface area contributed by atoms with Crippen molar-refractivity contribution < 1.29 is 0 Å². The van der Waals surface area contributed by atoms with Crippen LogP contribution in [0.5, 0.6) is 0 Å². The van der Waals surface area contributed by atoms with Crippen molar-refractivity contribution in [2.45, 2.75) is 33.4 Å². The van der Waals surface area contributed by atoms with Gasteiger partial charge in [-0.3, -0.25) is 4.98 Å². The Kier molecular flexibility index (Phi) is 5.10. The van der Waals surface area contributed by atoms with Crippen LogP contribution in [0.2, 0.25) is 0 Å². The highest BCUT2D eigenvalue weighted by atomic mass is 15.1. The topological polar surface area (TPSA) is 42.7 Å². The highest BCUT2D eigenvalue weighted by Crippen LogP contribution is 2.03. The lowest BCUT2D eigenvalue weighted by atomic mass is 10.2. The number of pyridine rings is 1. The Bertz CT molecular complexity index is 476. The molecule has 4 nitrogen and oxygen atoms in total. The van der Waals surface area contributed by atoms with Gasteiger partial charge in [-0.25, -0.2) is 4.98 Å². The number of aryl methyl sites for hydroxylation is 2. The highest BCUT2D eigenvalue weighted by Gasteiger charge is 2.03. The van der Waals surface area contributed by atoms with E-state index in [0.717, 1.165) is 31.9 Å². The van der Waals surface area contributed by atoms with Gasteiger partial charge >= 0.3 is 0 Å². The van der Waals surface area contributed by atoms with Crippen LogP contribution in [0.4, 0.5) is 0 Å². The molecule has 0 saturated carbocycles. The summed E-state index contributed by atoms with van der Waals surface area (Å²) in [4.78, 5) is 8.55. The van der Waals surface area contributed by atoms with Crippen molar-refractivity contribution in [2.24, 2.45) is 5.92 Å². The second kappa shape index (κ2) is 7.04. The van der Waals surface area contributed by atoms with Gasteiger partial charge in [0, 0.05) is 31.3 Å². The molecule has 0 aromatic carbocycles. The molecule has 2 heterocycles. The molecule has 102 valence electrons. The first-order valence-corrected chi connectivity index (χ1v) is 6.85. The van der Waals surface area contributed by atoms with Gasteiger partial charge in [-0.05, 0) is 30.5 Å². The maximum atomic E-state index is 4.41. The van der Waals surface area contributed by atoms with Crippen molar-refractivity contribution in [1.82, 2.24) is 19.9 Å². The number of imidazole rings is 1. The Morgan fingerprint density at radius 2 is 2.21 bits per heavy atom. The molecule has 0 aliphatic heterocycles. The van der Waals surface area contributed by atoms with Gasteiger partial charge in [0.05, 0.1) is 6.54 Å². The third kappa shape index (κ3) is 4.48. The van der Waals surface area contributed by atoms with E-state index in [0.29, 0.717) is 5.92 Å². The summed E-state index contributed by atoms with van der Waals surface area (Å²) in [6.07, 6.45) is 8.63. The molecule has 0 aliphatic carbocycles. The molecule has 4 heteroatoms. The molecule has 0 fully saturated rings. The molecule has 1 N–H and O–H groups in total. The second-order valence-electron chi connectivity index (χ2n) is 5.17. The molecule has 19 heavy (non-hydrogen) atoms. The molecule has 0 saturated heterocycles. The molecule has 2 aromatic rings. The van der Waals surface area contributed by atoms with E-state index < -0.39 is 0 Å². The number of aromatic nitrogens is 3. The van der Waals surface area contributed by atoms with Crippen molar-refractivity contribution >= 4 is 0 Å². The SMILES string of the molecule is CC(C)CNCc1nccn1CCc1cccnc1. The maximum Gasteiger partial charge on any atom is 0.122 e. The number of hydrogen-bond donors (Lipinski definition) is 1. The van der Waals surface area contributed by atoms with E-state index in [1.54, 1.807) is 0 Å². The smallest absolute Gasteiger partial charge is 0.122 e. The fourth-order valence-electron chi connectivity index (χ4n) is 1.98. The van der Waals surface area contributed by atoms with Crippen molar-refractivity contribution in [1.29, 1.82) is 0 Å². The number of nitrogens with one attached hydrogen (secondary N) is 1. The number of rotatable bonds is 7. The summed E-state index contributed by atoms with van der Waals surface area (Å²) in [5.41, 5.74) is 1.26. The molecule has 0 aliphatic rings. The van der Waals surface area contributed by atoms with Crippen LogP contribution in [0.3, 0.4) is 0 Å². The van der Waals surface area contributed by atoms with Crippen LogP contribution in [0.15, 0.2) is 36.9 Å². The van der Waals surface area contributed by atoms with Crippen LogP contribution in [0.1, 0.15) is 25.2 Å². The number of hydrogen-bond acceptors (Lipinski definition) is 3. The van der Waals surface area contributed by atoms with E-state index in [-0.39, 0.29) is 0 Å². The first-order valence-electron chi connectivity index (χ1n) is 6.85. The van der Waals surface area contributed by atoms with E-state index >= 15 is 0 Å². The zero-order chi connectivity index (χ0) is 13.5. The summed E-state index contributed by atoms with van der Waals surface area (Å²) >= 11 is 0. The average molecular weight is 258 g/mol. The fourth-order valence-corrected chi connectivity index (χ4v) is 1.98. The average Bonchev–Trinajstić information content (AvgIpc) is 2.85.